The number of para-hydroxylation sites is 1. The highest BCUT2D eigenvalue weighted by atomic mass is 16.5. The van der Waals surface area contributed by atoms with E-state index in [4.69, 9.17) is 4.74 Å². The molecule has 0 aliphatic rings. The fourth-order valence-electron chi connectivity index (χ4n) is 6.13. The Hall–Kier alpha value is -5.92. The quantitative estimate of drug-likeness (QED) is 0.168. The zero-order valence-electron chi connectivity index (χ0n) is 26.8. The highest BCUT2D eigenvalue weighted by Crippen LogP contribution is 2.38. The Kier molecular flexibility index (Phi) is 8.37. The fourth-order valence-corrected chi connectivity index (χ4v) is 6.13. The lowest BCUT2D eigenvalue weighted by Crippen LogP contribution is -1.94. The van der Waals surface area contributed by atoms with E-state index < -0.39 is 0 Å². The largest absolute Gasteiger partial charge is 0.457 e. The van der Waals surface area contributed by atoms with E-state index in [-0.39, 0.29) is 0 Å². The van der Waals surface area contributed by atoms with Gasteiger partial charge in [-0.3, -0.25) is 0 Å². The van der Waals surface area contributed by atoms with Crippen LogP contribution in [0.3, 0.4) is 0 Å². The van der Waals surface area contributed by atoms with Crippen LogP contribution >= 0.6 is 0 Å². The molecule has 1 heteroatoms. The predicted octanol–water partition coefficient (Wildman–Crippen LogP) is 13.1. The van der Waals surface area contributed by atoms with Crippen molar-refractivity contribution in [3.8, 4) is 67.1 Å². The summed E-state index contributed by atoms with van der Waals surface area (Å²) >= 11 is 0. The maximum atomic E-state index is 6.46. The van der Waals surface area contributed by atoms with E-state index in [1.165, 1.54) is 38.9 Å². The maximum absolute atomic E-state index is 6.46. The molecule has 0 unspecified atom stereocenters. The van der Waals surface area contributed by atoms with Crippen LogP contribution in [0.2, 0.25) is 0 Å². The fraction of sp³-hybridized carbons (Fsp3) is 0.0435. The maximum Gasteiger partial charge on any atom is 0.131 e. The highest BCUT2D eigenvalue weighted by Gasteiger charge is 2.13. The summed E-state index contributed by atoms with van der Waals surface area (Å²) in [4.78, 5) is 0. The zero-order valence-corrected chi connectivity index (χ0v) is 26.8. The number of benzene rings is 7. The molecule has 7 aromatic rings. The summed E-state index contributed by atoms with van der Waals surface area (Å²) in [5.41, 5.74) is 15.0. The van der Waals surface area contributed by atoms with Gasteiger partial charge in [0.25, 0.3) is 0 Å². The van der Waals surface area contributed by atoms with E-state index in [9.17, 15) is 0 Å². The van der Waals surface area contributed by atoms with Gasteiger partial charge in [0, 0.05) is 0 Å². The lowest BCUT2D eigenvalue weighted by molar-refractivity contribution is 0.475. The van der Waals surface area contributed by atoms with Crippen LogP contribution in [0.4, 0.5) is 0 Å². The van der Waals surface area contributed by atoms with Crippen molar-refractivity contribution in [2.45, 2.75) is 13.8 Å². The molecule has 0 atom stereocenters. The Morgan fingerprint density at radius 1 is 0.383 bits per heavy atom. The van der Waals surface area contributed by atoms with E-state index in [0.29, 0.717) is 0 Å². The van der Waals surface area contributed by atoms with Gasteiger partial charge in [-0.2, -0.15) is 0 Å². The first-order chi connectivity index (χ1) is 23.1. The van der Waals surface area contributed by atoms with Crippen LogP contribution in [-0.2, 0) is 0 Å². The minimum absolute atomic E-state index is 0.839. The number of hydrogen-bond acceptors (Lipinski definition) is 1. The third kappa shape index (κ3) is 6.43. The Labute approximate surface area is 278 Å². The molecular formula is C46H36O. The Morgan fingerprint density at radius 3 is 1.30 bits per heavy atom. The van der Waals surface area contributed by atoms with Crippen molar-refractivity contribution in [1.82, 2.24) is 0 Å². The van der Waals surface area contributed by atoms with Gasteiger partial charge < -0.3 is 4.74 Å². The molecule has 0 heterocycles. The van der Waals surface area contributed by atoms with Crippen LogP contribution in [0.1, 0.15) is 16.7 Å². The molecule has 0 N–H and O–H groups in total. The molecule has 0 aliphatic heterocycles. The Morgan fingerprint density at radius 2 is 0.787 bits per heavy atom. The first-order valence-electron chi connectivity index (χ1n) is 16.0. The number of rotatable bonds is 8. The third-order valence-electron chi connectivity index (χ3n) is 8.81. The number of hydrogen-bond donors (Lipinski definition) is 0. The first-order valence-corrected chi connectivity index (χ1v) is 16.0. The van der Waals surface area contributed by atoms with Crippen molar-refractivity contribution in [1.29, 1.82) is 0 Å². The molecule has 226 valence electrons. The molecule has 0 bridgehead atoms. The summed E-state index contributed by atoms with van der Waals surface area (Å²) in [6.07, 6.45) is 1.91. The van der Waals surface area contributed by atoms with Crippen molar-refractivity contribution in [2.75, 3.05) is 0 Å². The minimum Gasteiger partial charge on any atom is -0.457 e. The lowest BCUT2D eigenvalue weighted by atomic mass is 9.91. The summed E-state index contributed by atoms with van der Waals surface area (Å²) in [7, 11) is 0. The SMILES string of the molecule is C=Cc1cc(-c2cccc(-c3cccc(-c4cc(-c5ccccc5)cc(-c5ccccc5)c4)c3)c2)cc(Oc2ccccc2C)c1C. The van der Waals surface area contributed by atoms with E-state index in [2.05, 4.69) is 166 Å². The molecule has 0 saturated heterocycles. The van der Waals surface area contributed by atoms with Crippen molar-refractivity contribution in [2.24, 2.45) is 0 Å². The average molecular weight is 605 g/mol. The van der Waals surface area contributed by atoms with Gasteiger partial charge in [0.05, 0.1) is 0 Å². The second-order valence-corrected chi connectivity index (χ2v) is 12.0. The van der Waals surface area contributed by atoms with Gasteiger partial charge in [-0.15, -0.1) is 0 Å². The molecule has 0 amide bonds. The Balaban J connectivity index is 1.28. The smallest absolute Gasteiger partial charge is 0.131 e. The van der Waals surface area contributed by atoms with Crippen LogP contribution in [0.5, 0.6) is 11.5 Å². The molecular weight excluding hydrogens is 569 g/mol. The summed E-state index contributed by atoms with van der Waals surface area (Å²) < 4.78 is 6.46. The molecule has 1 nitrogen and oxygen atoms in total. The molecule has 0 aliphatic carbocycles. The van der Waals surface area contributed by atoms with Gasteiger partial charge in [-0.25, -0.2) is 0 Å². The standard InChI is InChI=1S/C46H36O/c1-4-34-25-44(31-46(33(34)3)47-45-24-12-11-15-32(45)2)40-23-14-21-38(27-40)37-20-13-22-39(26-37)43-29-41(35-16-7-5-8-17-35)28-42(30-43)36-18-9-6-10-19-36/h4-31H,1H2,2-3H3. The molecule has 0 aromatic heterocycles. The lowest BCUT2D eigenvalue weighted by Gasteiger charge is -2.16. The van der Waals surface area contributed by atoms with Crippen LogP contribution in [0, 0.1) is 13.8 Å². The molecule has 0 fully saturated rings. The zero-order chi connectivity index (χ0) is 32.2. The molecule has 0 saturated carbocycles. The summed E-state index contributed by atoms with van der Waals surface area (Å²) in [6.45, 7) is 8.25. The second kappa shape index (κ2) is 13.2. The topological polar surface area (TPSA) is 9.23 Å². The normalized spacial score (nSPS) is 10.9. The van der Waals surface area contributed by atoms with E-state index >= 15 is 0 Å². The van der Waals surface area contributed by atoms with Crippen molar-refractivity contribution in [3.05, 3.63) is 187 Å². The monoisotopic (exact) mass is 604 g/mol. The molecule has 7 rings (SSSR count). The molecule has 0 radical (unpaired) electrons. The summed E-state index contributed by atoms with van der Waals surface area (Å²) in [5.74, 6) is 1.70. The van der Waals surface area contributed by atoms with Crippen LogP contribution in [0.25, 0.3) is 61.7 Å². The predicted molar refractivity (Wildman–Crippen MR) is 200 cm³/mol. The second-order valence-electron chi connectivity index (χ2n) is 12.0. The van der Waals surface area contributed by atoms with Gasteiger partial charge in [0.1, 0.15) is 11.5 Å². The van der Waals surface area contributed by atoms with Crippen LogP contribution in [-0.4, -0.2) is 0 Å². The van der Waals surface area contributed by atoms with Gasteiger partial charge >= 0.3 is 0 Å². The van der Waals surface area contributed by atoms with Gasteiger partial charge in [-0.05, 0) is 135 Å². The van der Waals surface area contributed by atoms with Crippen LogP contribution < -0.4 is 4.74 Å². The van der Waals surface area contributed by atoms with Crippen LogP contribution in [0.15, 0.2) is 170 Å². The van der Waals surface area contributed by atoms with Crippen molar-refractivity contribution in [3.63, 3.8) is 0 Å². The number of ether oxygens (including phenoxy) is 1. The van der Waals surface area contributed by atoms with Gasteiger partial charge in [0.15, 0.2) is 0 Å². The van der Waals surface area contributed by atoms with E-state index in [0.717, 1.165) is 44.9 Å². The van der Waals surface area contributed by atoms with Gasteiger partial charge in [-0.1, -0.05) is 128 Å². The molecule has 7 aromatic carbocycles. The number of aryl methyl sites for hydroxylation is 1. The average Bonchev–Trinajstić information content (AvgIpc) is 3.14. The first kappa shape index (κ1) is 29.8. The van der Waals surface area contributed by atoms with Crippen molar-refractivity contribution < 1.29 is 4.74 Å². The highest BCUT2D eigenvalue weighted by molar-refractivity contribution is 5.84. The van der Waals surface area contributed by atoms with E-state index in [1.807, 2.05) is 24.3 Å². The minimum atomic E-state index is 0.839. The molecule has 0 spiro atoms. The molecule has 47 heavy (non-hydrogen) atoms. The Bertz CT molecular complexity index is 2130. The van der Waals surface area contributed by atoms with Crippen molar-refractivity contribution >= 4 is 6.08 Å². The summed E-state index contributed by atoms with van der Waals surface area (Å²) in [5, 5.41) is 0. The third-order valence-corrected chi connectivity index (χ3v) is 8.81. The van der Waals surface area contributed by atoms with Gasteiger partial charge in [0.2, 0.25) is 0 Å². The van der Waals surface area contributed by atoms with E-state index in [1.54, 1.807) is 0 Å². The summed E-state index contributed by atoms with van der Waals surface area (Å²) in [6, 6.07) is 58.2.